The van der Waals surface area contributed by atoms with E-state index in [1.165, 1.54) is 16.7 Å². The maximum absolute atomic E-state index is 12.3. The third-order valence-corrected chi connectivity index (χ3v) is 4.64. The molecular weight excluding hydrogens is 262 g/mol. The summed E-state index contributed by atoms with van der Waals surface area (Å²) in [5.41, 5.74) is 3.54. The summed E-state index contributed by atoms with van der Waals surface area (Å²) in [4.78, 5) is 14.6. The second-order valence-corrected chi connectivity index (χ2v) is 5.65. The quantitative estimate of drug-likeness (QED) is 0.482. The summed E-state index contributed by atoms with van der Waals surface area (Å²) in [5, 5.41) is 0. The molecule has 0 radical (unpaired) electrons. The maximum Gasteiger partial charge on any atom is 0.328 e. The van der Waals surface area contributed by atoms with Gasteiger partial charge in [0, 0.05) is 6.54 Å². The van der Waals surface area contributed by atoms with E-state index in [2.05, 4.69) is 36.9 Å². The first kappa shape index (κ1) is 12.9. The summed E-state index contributed by atoms with van der Waals surface area (Å²) < 4.78 is 5.28. The highest BCUT2D eigenvalue weighted by molar-refractivity contribution is 6.18. The van der Waals surface area contributed by atoms with Crippen LogP contribution in [0.3, 0.4) is 0 Å². The largest absolute Gasteiger partial charge is 0.463 e. The van der Waals surface area contributed by atoms with Crippen LogP contribution < -0.4 is 0 Å². The van der Waals surface area contributed by atoms with Gasteiger partial charge in [-0.15, -0.1) is 11.6 Å². The zero-order chi connectivity index (χ0) is 13.6. The predicted octanol–water partition coefficient (Wildman–Crippen LogP) is 2.80. The summed E-state index contributed by atoms with van der Waals surface area (Å²) in [6.45, 7) is 5.33. The molecule has 2 unspecified atom stereocenters. The molecule has 3 atom stereocenters. The van der Waals surface area contributed by atoms with Gasteiger partial charge in [0.2, 0.25) is 0 Å². The Morgan fingerprint density at radius 3 is 3.05 bits per heavy atom. The second kappa shape index (κ2) is 4.50. The zero-order valence-corrected chi connectivity index (χ0v) is 12.0. The van der Waals surface area contributed by atoms with Gasteiger partial charge in [0.15, 0.2) is 0 Å². The number of benzene rings is 1. The Balaban J connectivity index is 1.88. The Morgan fingerprint density at radius 1 is 1.58 bits per heavy atom. The number of nitrogens with zero attached hydrogens (tertiary/aromatic N) is 1. The van der Waals surface area contributed by atoms with Crippen molar-refractivity contribution in [3.05, 3.63) is 34.9 Å². The molecule has 2 aliphatic rings. The van der Waals surface area contributed by atoms with Crippen molar-refractivity contribution >= 4 is 17.6 Å². The topological polar surface area (TPSA) is 29.3 Å². The average Bonchev–Trinajstić information content (AvgIpc) is 2.90. The molecule has 19 heavy (non-hydrogen) atoms. The summed E-state index contributed by atoms with van der Waals surface area (Å²) in [6.07, 6.45) is 0.784. The Labute approximate surface area is 118 Å². The van der Waals surface area contributed by atoms with E-state index in [1.54, 1.807) is 0 Å². The first-order chi connectivity index (χ1) is 9.16. The van der Waals surface area contributed by atoms with Crippen LogP contribution in [0.2, 0.25) is 0 Å². The van der Waals surface area contributed by atoms with Crippen LogP contribution in [0.25, 0.3) is 0 Å². The minimum atomic E-state index is -0.438. The first-order valence-corrected chi connectivity index (χ1v) is 7.28. The van der Waals surface area contributed by atoms with Gasteiger partial charge >= 0.3 is 5.97 Å². The first-order valence-electron chi connectivity index (χ1n) is 6.75. The molecule has 2 aliphatic heterocycles. The number of alkyl halides is 1. The fourth-order valence-electron chi connectivity index (χ4n) is 3.44. The van der Waals surface area contributed by atoms with E-state index in [-0.39, 0.29) is 12.0 Å². The molecule has 2 heterocycles. The highest BCUT2D eigenvalue weighted by Crippen LogP contribution is 2.62. The van der Waals surface area contributed by atoms with Gasteiger partial charge in [-0.3, -0.25) is 4.90 Å². The molecule has 0 aromatic heterocycles. The molecule has 1 fully saturated rings. The average molecular weight is 280 g/mol. The summed E-state index contributed by atoms with van der Waals surface area (Å²) in [6, 6.07) is 6.54. The van der Waals surface area contributed by atoms with Crippen LogP contribution in [-0.2, 0) is 16.1 Å². The number of halogens is 1. The third-order valence-electron chi connectivity index (χ3n) is 4.48. The van der Waals surface area contributed by atoms with Crippen molar-refractivity contribution in [1.82, 2.24) is 4.90 Å². The fourth-order valence-corrected chi connectivity index (χ4v) is 3.52. The summed E-state index contributed by atoms with van der Waals surface area (Å²) >= 11 is 5.59. The highest BCUT2D eigenvalue weighted by atomic mass is 35.5. The zero-order valence-electron chi connectivity index (χ0n) is 11.3. The lowest BCUT2D eigenvalue weighted by Crippen LogP contribution is -2.33. The van der Waals surface area contributed by atoms with Gasteiger partial charge in [-0.05, 0) is 30.0 Å². The van der Waals surface area contributed by atoms with Crippen LogP contribution in [0.5, 0.6) is 0 Å². The van der Waals surface area contributed by atoms with Gasteiger partial charge in [0.05, 0.1) is 11.9 Å². The Morgan fingerprint density at radius 2 is 2.37 bits per heavy atom. The molecule has 3 nitrogen and oxygen atoms in total. The van der Waals surface area contributed by atoms with Crippen molar-refractivity contribution in [1.29, 1.82) is 0 Å². The molecule has 1 saturated heterocycles. The number of carbonyl (C=O) groups excluding carboxylic acids is 1. The fraction of sp³-hybridized carbons (Fsp3) is 0.533. The molecule has 0 spiro atoms. The van der Waals surface area contributed by atoms with Crippen molar-refractivity contribution in [2.45, 2.75) is 38.4 Å². The van der Waals surface area contributed by atoms with Gasteiger partial charge in [-0.1, -0.05) is 25.1 Å². The number of fused-ring (bicyclic) bond motifs is 3. The molecule has 102 valence electrons. The summed E-state index contributed by atoms with van der Waals surface area (Å²) in [5.74, 6) is 0.235. The smallest absolute Gasteiger partial charge is 0.328 e. The molecule has 0 N–H and O–H groups in total. The van der Waals surface area contributed by atoms with E-state index in [4.69, 9.17) is 16.3 Å². The number of hydrogen-bond donors (Lipinski definition) is 0. The van der Waals surface area contributed by atoms with Crippen molar-refractivity contribution in [3.63, 3.8) is 0 Å². The lowest BCUT2D eigenvalue weighted by molar-refractivity contribution is -0.147. The van der Waals surface area contributed by atoms with Crippen LogP contribution in [0.4, 0.5) is 0 Å². The van der Waals surface area contributed by atoms with E-state index in [1.807, 2.05) is 0 Å². The van der Waals surface area contributed by atoms with Gasteiger partial charge in [-0.25, -0.2) is 4.79 Å². The molecule has 4 heteroatoms. The van der Waals surface area contributed by atoms with Gasteiger partial charge in [0.1, 0.15) is 12.1 Å². The van der Waals surface area contributed by atoms with E-state index in [9.17, 15) is 4.79 Å². The predicted molar refractivity (Wildman–Crippen MR) is 74.2 cm³/mol. The molecule has 1 aromatic rings. The SMILES string of the molecule is CCC1(C(=O)OCCCl)[C@H]2c3cccc(C)c3CN21. The molecule has 0 amide bonds. The van der Waals surface area contributed by atoms with Crippen LogP contribution in [0, 0.1) is 6.92 Å². The van der Waals surface area contributed by atoms with Crippen molar-refractivity contribution in [2.24, 2.45) is 0 Å². The van der Waals surface area contributed by atoms with Crippen LogP contribution in [0.15, 0.2) is 18.2 Å². The van der Waals surface area contributed by atoms with E-state index in [0.717, 1.165) is 13.0 Å². The number of rotatable bonds is 4. The molecule has 0 aliphatic carbocycles. The van der Waals surface area contributed by atoms with Gasteiger partial charge in [0.25, 0.3) is 0 Å². The Kier molecular flexibility index (Phi) is 3.06. The lowest BCUT2D eigenvalue weighted by Gasteiger charge is -2.18. The van der Waals surface area contributed by atoms with E-state index < -0.39 is 5.54 Å². The van der Waals surface area contributed by atoms with Crippen LogP contribution >= 0.6 is 11.6 Å². The van der Waals surface area contributed by atoms with E-state index in [0.29, 0.717) is 12.5 Å². The monoisotopic (exact) mass is 279 g/mol. The standard InChI is InChI=1S/C15H18ClNO2/c1-3-15(14(18)19-8-7-16)13-11-6-4-5-10(2)12(11)9-17(13)15/h4-6,13H,3,7-9H2,1-2H3/t13-,15?,17?/m1/s1. The Bertz CT molecular complexity index is 531. The normalized spacial score (nSPS) is 30.7. The van der Waals surface area contributed by atoms with Gasteiger partial charge in [-0.2, -0.15) is 0 Å². The molecule has 1 aromatic carbocycles. The summed E-state index contributed by atoms with van der Waals surface area (Å²) in [7, 11) is 0. The highest BCUT2D eigenvalue weighted by Gasteiger charge is 2.71. The molecule has 3 rings (SSSR count). The van der Waals surface area contributed by atoms with Crippen molar-refractivity contribution < 1.29 is 9.53 Å². The second-order valence-electron chi connectivity index (χ2n) is 5.28. The number of ether oxygens (including phenoxy) is 1. The Hall–Kier alpha value is -1.06. The maximum atomic E-state index is 12.3. The molecular formula is C15H18ClNO2. The van der Waals surface area contributed by atoms with Crippen molar-refractivity contribution in [3.8, 4) is 0 Å². The minimum absolute atomic E-state index is 0.118. The lowest BCUT2D eigenvalue weighted by atomic mass is 9.91. The van der Waals surface area contributed by atoms with E-state index >= 15 is 0 Å². The number of carbonyl (C=O) groups is 1. The molecule has 0 bridgehead atoms. The molecule has 0 saturated carbocycles. The number of esters is 1. The van der Waals surface area contributed by atoms with Gasteiger partial charge < -0.3 is 4.74 Å². The van der Waals surface area contributed by atoms with Crippen LogP contribution in [0.1, 0.15) is 36.1 Å². The minimum Gasteiger partial charge on any atom is -0.463 e. The third kappa shape index (κ3) is 1.65. The number of hydrogen-bond acceptors (Lipinski definition) is 3. The van der Waals surface area contributed by atoms with Crippen molar-refractivity contribution in [2.75, 3.05) is 12.5 Å². The number of aryl methyl sites for hydroxylation is 1. The van der Waals surface area contributed by atoms with Crippen LogP contribution in [-0.4, -0.2) is 28.9 Å².